The van der Waals surface area contributed by atoms with Gasteiger partial charge in [0.25, 0.3) is 0 Å². The summed E-state index contributed by atoms with van der Waals surface area (Å²) in [6.45, 7) is 0.581. The van der Waals surface area contributed by atoms with Gasteiger partial charge in [0.2, 0.25) is 0 Å². The molecule has 1 N–H and O–H groups in total. The van der Waals surface area contributed by atoms with Gasteiger partial charge in [-0.3, -0.25) is 10.3 Å². The Morgan fingerprint density at radius 3 is 2.82 bits per heavy atom. The Balaban J connectivity index is 1.87. The summed E-state index contributed by atoms with van der Waals surface area (Å²) in [5.74, 6) is -0.292. The van der Waals surface area contributed by atoms with Gasteiger partial charge in [-0.15, -0.1) is 11.3 Å². The van der Waals surface area contributed by atoms with Gasteiger partial charge in [-0.1, -0.05) is 36.4 Å². The van der Waals surface area contributed by atoms with Crippen LogP contribution in [0.3, 0.4) is 0 Å². The first-order chi connectivity index (χ1) is 10.8. The van der Waals surface area contributed by atoms with Gasteiger partial charge >= 0.3 is 5.97 Å². The zero-order valence-electron chi connectivity index (χ0n) is 12.2. The molecule has 112 valence electrons. The van der Waals surface area contributed by atoms with Crippen molar-refractivity contribution in [2.24, 2.45) is 0 Å². The SMILES string of the molecule is COC(=O)[C@H](NCc1cncs1)c1ccc2ccccc2c1. The molecule has 0 fully saturated rings. The van der Waals surface area contributed by atoms with E-state index in [4.69, 9.17) is 4.74 Å². The van der Waals surface area contributed by atoms with Crippen LogP contribution in [-0.2, 0) is 16.1 Å². The highest BCUT2D eigenvalue weighted by molar-refractivity contribution is 7.09. The highest BCUT2D eigenvalue weighted by atomic mass is 32.1. The Morgan fingerprint density at radius 1 is 1.27 bits per heavy atom. The number of thiazole rings is 1. The monoisotopic (exact) mass is 312 g/mol. The van der Waals surface area contributed by atoms with E-state index in [1.54, 1.807) is 23.0 Å². The van der Waals surface area contributed by atoms with Crippen LogP contribution < -0.4 is 5.32 Å². The number of hydrogen-bond acceptors (Lipinski definition) is 5. The lowest BCUT2D eigenvalue weighted by molar-refractivity contribution is -0.143. The van der Waals surface area contributed by atoms with E-state index in [2.05, 4.69) is 16.4 Å². The lowest BCUT2D eigenvalue weighted by Crippen LogP contribution is -2.29. The van der Waals surface area contributed by atoms with Crippen LogP contribution in [0.5, 0.6) is 0 Å². The minimum atomic E-state index is -0.489. The zero-order chi connectivity index (χ0) is 15.4. The molecule has 0 bridgehead atoms. The summed E-state index contributed by atoms with van der Waals surface area (Å²) < 4.78 is 4.94. The summed E-state index contributed by atoms with van der Waals surface area (Å²) in [4.78, 5) is 17.2. The molecule has 0 saturated carbocycles. The Morgan fingerprint density at radius 2 is 2.09 bits per heavy atom. The number of benzene rings is 2. The van der Waals surface area contributed by atoms with Gasteiger partial charge < -0.3 is 4.74 Å². The van der Waals surface area contributed by atoms with Crippen LogP contribution >= 0.6 is 11.3 Å². The van der Waals surface area contributed by atoms with Gasteiger partial charge in [0.05, 0.1) is 12.6 Å². The van der Waals surface area contributed by atoms with E-state index in [0.29, 0.717) is 6.54 Å². The number of ether oxygens (including phenoxy) is 1. The lowest BCUT2D eigenvalue weighted by Gasteiger charge is -2.17. The number of hydrogen-bond donors (Lipinski definition) is 1. The fourth-order valence-electron chi connectivity index (χ4n) is 2.37. The maximum atomic E-state index is 12.1. The van der Waals surface area contributed by atoms with Crippen LogP contribution in [-0.4, -0.2) is 18.1 Å². The van der Waals surface area contributed by atoms with Crippen LogP contribution in [0.2, 0.25) is 0 Å². The van der Waals surface area contributed by atoms with Crippen LogP contribution in [0.1, 0.15) is 16.5 Å². The third-order valence-corrected chi connectivity index (χ3v) is 4.29. The van der Waals surface area contributed by atoms with Gasteiger partial charge in [-0.2, -0.15) is 0 Å². The lowest BCUT2D eigenvalue weighted by atomic mass is 10.0. The molecule has 4 nitrogen and oxygen atoms in total. The van der Waals surface area contributed by atoms with Crippen molar-refractivity contribution < 1.29 is 9.53 Å². The van der Waals surface area contributed by atoms with Crippen LogP contribution in [0.25, 0.3) is 10.8 Å². The van der Waals surface area contributed by atoms with E-state index in [1.165, 1.54) is 7.11 Å². The topological polar surface area (TPSA) is 51.2 Å². The average molecular weight is 312 g/mol. The normalized spacial score (nSPS) is 12.2. The second-order valence-corrected chi connectivity index (χ2v) is 5.88. The number of nitrogens with zero attached hydrogens (tertiary/aromatic N) is 1. The third kappa shape index (κ3) is 3.16. The molecule has 1 aromatic heterocycles. The molecule has 1 heterocycles. The molecule has 2 aromatic carbocycles. The first-order valence-electron chi connectivity index (χ1n) is 6.95. The van der Waals surface area contributed by atoms with Crippen molar-refractivity contribution in [1.82, 2.24) is 10.3 Å². The summed E-state index contributed by atoms with van der Waals surface area (Å²) in [5, 5.41) is 5.51. The van der Waals surface area contributed by atoms with E-state index >= 15 is 0 Å². The molecule has 0 aliphatic rings. The summed E-state index contributed by atoms with van der Waals surface area (Å²) in [7, 11) is 1.41. The number of nitrogens with one attached hydrogen (secondary N) is 1. The first-order valence-corrected chi connectivity index (χ1v) is 7.83. The van der Waals surface area contributed by atoms with Crippen molar-refractivity contribution in [1.29, 1.82) is 0 Å². The van der Waals surface area contributed by atoms with E-state index < -0.39 is 6.04 Å². The van der Waals surface area contributed by atoms with Gasteiger partial charge in [-0.25, -0.2) is 4.79 Å². The predicted octanol–water partition coefficient (Wildman–Crippen LogP) is 3.30. The van der Waals surface area contributed by atoms with Crippen LogP contribution in [0.15, 0.2) is 54.2 Å². The van der Waals surface area contributed by atoms with E-state index in [9.17, 15) is 4.79 Å². The Kier molecular flexibility index (Phi) is 4.46. The van der Waals surface area contributed by atoms with Gasteiger partial charge in [-0.05, 0) is 22.4 Å². The smallest absolute Gasteiger partial charge is 0.327 e. The number of fused-ring (bicyclic) bond motifs is 1. The molecule has 1 atom stereocenters. The van der Waals surface area contributed by atoms with Crippen molar-refractivity contribution in [3.05, 3.63) is 64.6 Å². The second kappa shape index (κ2) is 6.68. The maximum Gasteiger partial charge on any atom is 0.327 e. The molecule has 5 heteroatoms. The largest absolute Gasteiger partial charge is 0.468 e. The Bertz CT molecular complexity index is 771. The molecule has 22 heavy (non-hydrogen) atoms. The minimum absolute atomic E-state index is 0.292. The van der Waals surface area contributed by atoms with Crippen molar-refractivity contribution in [2.75, 3.05) is 7.11 Å². The number of esters is 1. The van der Waals surface area contributed by atoms with Crippen molar-refractivity contribution in [3.8, 4) is 0 Å². The quantitative estimate of drug-likeness (QED) is 0.734. The molecule has 0 spiro atoms. The maximum absolute atomic E-state index is 12.1. The summed E-state index contributed by atoms with van der Waals surface area (Å²) in [6, 6.07) is 13.6. The van der Waals surface area contributed by atoms with Gasteiger partial charge in [0, 0.05) is 17.6 Å². The van der Waals surface area contributed by atoms with E-state index in [-0.39, 0.29) is 5.97 Å². The molecule has 3 aromatic rings. The van der Waals surface area contributed by atoms with Crippen LogP contribution in [0, 0.1) is 0 Å². The first kappa shape index (κ1) is 14.7. The molecule has 3 rings (SSSR count). The number of rotatable bonds is 5. The van der Waals surface area contributed by atoms with Crippen molar-refractivity contribution in [3.63, 3.8) is 0 Å². The van der Waals surface area contributed by atoms with E-state index in [0.717, 1.165) is 21.2 Å². The molecular weight excluding hydrogens is 296 g/mol. The summed E-state index contributed by atoms with van der Waals surface area (Å²) >= 11 is 1.56. The van der Waals surface area contributed by atoms with E-state index in [1.807, 2.05) is 36.4 Å². The second-order valence-electron chi connectivity index (χ2n) is 4.91. The molecule has 0 radical (unpaired) electrons. The number of carbonyl (C=O) groups excluding carboxylic acids is 1. The number of methoxy groups -OCH3 is 1. The minimum Gasteiger partial charge on any atom is -0.468 e. The Labute approximate surface area is 132 Å². The van der Waals surface area contributed by atoms with Gasteiger partial charge in [0.1, 0.15) is 6.04 Å². The standard InChI is InChI=1S/C17H16N2O2S/c1-21-17(20)16(19-10-15-9-18-11-22-15)14-7-6-12-4-2-3-5-13(12)8-14/h2-9,11,16,19H,10H2,1H3/t16-/m1/s1. The molecule has 0 saturated heterocycles. The molecule has 0 aliphatic heterocycles. The summed E-state index contributed by atoms with van der Waals surface area (Å²) in [6.07, 6.45) is 1.80. The fraction of sp³-hybridized carbons (Fsp3) is 0.176. The molecule has 0 aliphatic carbocycles. The highest BCUT2D eigenvalue weighted by Gasteiger charge is 2.21. The van der Waals surface area contributed by atoms with Gasteiger partial charge in [0.15, 0.2) is 0 Å². The molecule has 0 unspecified atom stereocenters. The number of carbonyl (C=O) groups is 1. The van der Waals surface area contributed by atoms with Crippen LogP contribution in [0.4, 0.5) is 0 Å². The van der Waals surface area contributed by atoms with Crippen molar-refractivity contribution >= 4 is 28.1 Å². The molecule has 0 amide bonds. The zero-order valence-corrected chi connectivity index (χ0v) is 13.0. The highest BCUT2D eigenvalue weighted by Crippen LogP contribution is 2.22. The predicted molar refractivity (Wildman–Crippen MR) is 87.7 cm³/mol. The van der Waals surface area contributed by atoms with Crippen molar-refractivity contribution in [2.45, 2.75) is 12.6 Å². The Hall–Kier alpha value is -2.24. The fourth-order valence-corrected chi connectivity index (χ4v) is 2.92. The summed E-state index contributed by atoms with van der Waals surface area (Å²) in [5.41, 5.74) is 2.68. The molecular formula is C17H16N2O2S. The third-order valence-electron chi connectivity index (χ3n) is 3.51. The average Bonchev–Trinajstić information content (AvgIpc) is 3.08. The number of aromatic nitrogens is 1.